The Labute approximate surface area is 184 Å². The SMILES string of the molecule is CCCNC(=O)C(C)N(Cc1ccc(Br)cc1)C(=O)CSc1ccc(Cl)cc1. The Bertz CT molecular complexity index is 784. The van der Waals surface area contributed by atoms with E-state index in [4.69, 9.17) is 11.6 Å². The highest BCUT2D eigenvalue weighted by Crippen LogP contribution is 2.22. The second-order valence-corrected chi connectivity index (χ2v) is 8.76. The monoisotopic (exact) mass is 482 g/mol. The van der Waals surface area contributed by atoms with Gasteiger partial charge in [0.15, 0.2) is 0 Å². The summed E-state index contributed by atoms with van der Waals surface area (Å²) in [6.07, 6.45) is 0.853. The number of thioether (sulfide) groups is 1. The standard InChI is InChI=1S/C21H24BrClN2O2S/c1-3-12-24-21(27)15(2)25(13-16-4-6-17(22)7-5-16)20(26)14-28-19-10-8-18(23)9-11-19/h4-11,15H,3,12-14H2,1-2H3,(H,24,27). The van der Waals surface area contributed by atoms with Crippen LogP contribution in [-0.2, 0) is 16.1 Å². The summed E-state index contributed by atoms with van der Waals surface area (Å²) in [4.78, 5) is 28.0. The smallest absolute Gasteiger partial charge is 0.242 e. The molecule has 2 rings (SSSR count). The minimum Gasteiger partial charge on any atom is -0.354 e. The Balaban J connectivity index is 2.10. The van der Waals surface area contributed by atoms with Crippen molar-refractivity contribution in [2.24, 2.45) is 0 Å². The molecule has 0 saturated heterocycles. The van der Waals surface area contributed by atoms with Crippen molar-refractivity contribution < 1.29 is 9.59 Å². The number of halogens is 2. The van der Waals surface area contributed by atoms with E-state index in [1.54, 1.807) is 24.0 Å². The molecular formula is C21H24BrClN2O2S. The summed E-state index contributed by atoms with van der Waals surface area (Å²) >= 11 is 10.8. The van der Waals surface area contributed by atoms with Crippen molar-refractivity contribution in [3.05, 3.63) is 63.6 Å². The maximum absolute atomic E-state index is 13.0. The van der Waals surface area contributed by atoms with Gasteiger partial charge in [0.25, 0.3) is 0 Å². The summed E-state index contributed by atoms with van der Waals surface area (Å²) in [5, 5.41) is 3.54. The van der Waals surface area contributed by atoms with Crippen molar-refractivity contribution in [1.82, 2.24) is 10.2 Å². The average molecular weight is 484 g/mol. The molecule has 2 aromatic rings. The fourth-order valence-corrected chi connectivity index (χ4v) is 3.70. The van der Waals surface area contributed by atoms with Crippen LogP contribution in [-0.4, -0.2) is 35.1 Å². The molecule has 1 atom stereocenters. The van der Waals surface area contributed by atoms with E-state index in [2.05, 4.69) is 21.2 Å². The molecule has 150 valence electrons. The third kappa shape index (κ3) is 7.15. The van der Waals surface area contributed by atoms with Gasteiger partial charge >= 0.3 is 0 Å². The van der Waals surface area contributed by atoms with E-state index >= 15 is 0 Å². The highest BCUT2D eigenvalue weighted by molar-refractivity contribution is 9.10. The number of benzene rings is 2. The molecule has 0 bridgehead atoms. The van der Waals surface area contributed by atoms with Crippen molar-refractivity contribution in [1.29, 1.82) is 0 Å². The van der Waals surface area contributed by atoms with Gasteiger partial charge in [-0.05, 0) is 55.3 Å². The normalized spacial score (nSPS) is 11.7. The number of carbonyl (C=O) groups is 2. The van der Waals surface area contributed by atoms with Crippen LogP contribution < -0.4 is 5.32 Å². The lowest BCUT2D eigenvalue weighted by Gasteiger charge is -2.28. The first kappa shape index (κ1) is 22.8. The van der Waals surface area contributed by atoms with Gasteiger partial charge in [0.1, 0.15) is 6.04 Å². The zero-order chi connectivity index (χ0) is 20.5. The predicted molar refractivity (Wildman–Crippen MR) is 120 cm³/mol. The van der Waals surface area contributed by atoms with E-state index < -0.39 is 6.04 Å². The molecule has 1 unspecified atom stereocenters. The lowest BCUT2D eigenvalue weighted by Crippen LogP contribution is -2.48. The summed E-state index contributed by atoms with van der Waals surface area (Å²) < 4.78 is 0.973. The van der Waals surface area contributed by atoms with Gasteiger partial charge in [-0.25, -0.2) is 0 Å². The topological polar surface area (TPSA) is 49.4 Å². The molecule has 0 spiro atoms. The van der Waals surface area contributed by atoms with Crippen molar-refractivity contribution in [2.45, 2.75) is 37.8 Å². The average Bonchev–Trinajstić information content (AvgIpc) is 2.70. The van der Waals surface area contributed by atoms with Crippen LogP contribution in [0.4, 0.5) is 0 Å². The largest absolute Gasteiger partial charge is 0.354 e. The minimum atomic E-state index is -0.548. The number of amides is 2. The molecule has 0 heterocycles. The maximum atomic E-state index is 13.0. The van der Waals surface area contributed by atoms with Crippen LogP contribution in [0.2, 0.25) is 5.02 Å². The maximum Gasteiger partial charge on any atom is 0.242 e. The zero-order valence-corrected chi connectivity index (χ0v) is 19.1. The molecule has 28 heavy (non-hydrogen) atoms. The lowest BCUT2D eigenvalue weighted by molar-refractivity contribution is -0.138. The second-order valence-electron chi connectivity index (χ2n) is 6.36. The summed E-state index contributed by atoms with van der Waals surface area (Å²) in [5.41, 5.74) is 0.975. The van der Waals surface area contributed by atoms with E-state index in [0.717, 1.165) is 21.4 Å². The number of hydrogen-bond acceptors (Lipinski definition) is 3. The molecule has 0 aromatic heterocycles. The molecule has 0 fully saturated rings. The van der Waals surface area contributed by atoms with Gasteiger partial charge in [0, 0.05) is 27.5 Å². The number of nitrogens with zero attached hydrogens (tertiary/aromatic N) is 1. The van der Waals surface area contributed by atoms with Crippen molar-refractivity contribution >= 4 is 51.1 Å². The predicted octanol–water partition coefficient (Wildman–Crippen LogP) is 5.14. The summed E-state index contributed by atoms with van der Waals surface area (Å²) in [6, 6.07) is 14.6. The molecule has 4 nitrogen and oxygen atoms in total. The fourth-order valence-electron chi connectivity index (χ4n) is 2.52. The molecule has 2 aromatic carbocycles. The van der Waals surface area contributed by atoms with Gasteiger partial charge in [-0.1, -0.05) is 46.6 Å². The van der Waals surface area contributed by atoms with Crippen LogP contribution >= 0.6 is 39.3 Å². The first-order chi connectivity index (χ1) is 13.4. The van der Waals surface area contributed by atoms with E-state index in [-0.39, 0.29) is 17.6 Å². The third-order valence-electron chi connectivity index (χ3n) is 4.16. The van der Waals surface area contributed by atoms with Crippen molar-refractivity contribution in [3.63, 3.8) is 0 Å². The van der Waals surface area contributed by atoms with Gasteiger partial charge in [-0.2, -0.15) is 0 Å². The van der Waals surface area contributed by atoms with Gasteiger partial charge in [0.05, 0.1) is 5.75 Å². The van der Waals surface area contributed by atoms with Gasteiger partial charge in [-0.3, -0.25) is 9.59 Å². The second kappa shape index (κ2) is 11.5. The van der Waals surface area contributed by atoms with E-state index in [1.165, 1.54) is 11.8 Å². The molecule has 0 aliphatic rings. The summed E-state index contributed by atoms with van der Waals surface area (Å²) in [5.74, 6) is 0.0367. The highest BCUT2D eigenvalue weighted by atomic mass is 79.9. The molecular weight excluding hydrogens is 460 g/mol. The quantitative estimate of drug-likeness (QED) is 0.503. The summed E-state index contributed by atoms with van der Waals surface area (Å²) in [7, 11) is 0. The van der Waals surface area contributed by atoms with E-state index in [1.807, 2.05) is 43.3 Å². The zero-order valence-electron chi connectivity index (χ0n) is 16.0. The van der Waals surface area contributed by atoms with Crippen LogP contribution in [0.15, 0.2) is 57.9 Å². The van der Waals surface area contributed by atoms with Crippen molar-refractivity contribution in [2.75, 3.05) is 12.3 Å². The van der Waals surface area contributed by atoms with Crippen LogP contribution in [0.1, 0.15) is 25.8 Å². The Kier molecular flexibility index (Phi) is 9.35. The Morgan fingerprint density at radius 1 is 1.14 bits per heavy atom. The van der Waals surface area contributed by atoms with E-state index in [0.29, 0.717) is 18.1 Å². The Morgan fingerprint density at radius 3 is 2.39 bits per heavy atom. The molecule has 0 aliphatic heterocycles. The first-order valence-corrected chi connectivity index (χ1v) is 11.3. The molecule has 0 aliphatic carbocycles. The number of nitrogens with one attached hydrogen (secondary N) is 1. The van der Waals surface area contributed by atoms with Gasteiger partial charge in [-0.15, -0.1) is 11.8 Å². The van der Waals surface area contributed by atoms with Gasteiger partial charge < -0.3 is 10.2 Å². The number of carbonyl (C=O) groups excluding carboxylic acids is 2. The third-order valence-corrected chi connectivity index (χ3v) is 5.94. The number of hydrogen-bond donors (Lipinski definition) is 1. The first-order valence-electron chi connectivity index (χ1n) is 9.10. The Morgan fingerprint density at radius 2 is 1.79 bits per heavy atom. The van der Waals surface area contributed by atoms with Crippen LogP contribution in [0, 0.1) is 0 Å². The molecule has 1 N–H and O–H groups in total. The fraction of sp³-hybridized carbons (Fsp3) is 0.333. The van der Waals surface area contributed by atoms with E-state index in [9.17, 15) is 9.59 Å². The number of rotatable bonds is 9. The minimum absolute atomic E-state index is 0.0815. The van der Waals surface area contributed by atoms with Crippen LogP contribution in [0.3, 0.4) is 0 Å². The van der Waals surface area contributed by atoms with Gasteiger partial charge in [0.2, 0.25) is 11.8 Å². The molecule has 0 radical (unpaired) electrons. The highest BCUT2D eigenvalue weighted by Gasteiger charge is 2.25. The summed E-state index contributed by atoms with van der Waals surface area (Å²) in [6.45, 7) is 4.75. The van der Waals surface area contributed by atoms with Crippen LogP contribution in [0.25, 0.3) is 0 Å². The Hall–Kier alpha value is -1.50. The lowest BCUT2D eigenvalue weighted by atomic mass is 10.1. The van der Waals surface area contributed by atoms with Crippen molar-refractivity contribution in [3.8, 4) is 0 Å². The molecule has 2 amide bonds. The molecule has 0 saturated carbocycles. The van der Waals surface area contributed by atoms with Crippen LogP contribution in [0.5, 0.6) is 0 Å². The molecule has 7 heteroatoms.